The van der Waals surface area contributed by atoms with Crippen molar-refractivity contribution in [3.05, 3.63) is 33.8 Å². The summed E-state index contributed by atoms with van der Waals surface area (Å²) in [6.07, 6.45) is 2.07. The van der Waals surface area contributed by atoms with E-state index in [0.29, 0.717) is 12.5 Å². The van der Waals surface area contributed by atoms with Crippen LogP contribution in [0.1, 0.15) is 35.7 Å². The van der Waals surface area contributed by atoms with Gasteiger partial charge in [-0.05, 0) is 59.3 Å². The fourth-order valence-electron chi connectivity index (χ4n) is 2.69. The molecule has 1 heterocycles. The molecule has 1 aromatic rings. The van der Waals surface area contributed by atoms with Gasteiger partial charge < -0.3 is 10.6 Å². The number of hydrogen-bond donors (Lipinski definition) is 1. The lowest BCUT2D eigenvalue weighted by atomic mass is 9.92. The van der Waals surface area contributed by atoms with Crippen molar-refractivity contribution in [1.82, 2.24) is 4.90 Å². The van der Waals surface area contributed by atoms with Crippen LogP contribution in [0.15, 0.2) is 22.7 Å². The number of piperidine rings is 1. The van der Waals surface area contributed by atoms with Crippen molar-refractivity contribution in [3.63, 3.8) is 0 Å². The summed E-state index contributed by atoms with van der Waals surface area (Å²) >= 11 is 3.49. The first-order valence-electron chi connectivity index (χ1n) is 6.80. The van der Waals surface area contributed by atoms with Gasteiger partial charge in [0.1, 0.15) is 0 Å². The number of hydrogen-bond acceptors (Lipinski definition) is 2. The third-order valence-corrected chi connectivity index (χ3v) is 4.52. The van der Waals surface area contributed by atoms with E-state index in [2.05, 4.69) is 22.9 Å². The van der Waals surface area contributed by atoms with E-state index >= 15 is 0 Å². The first-order chi connectivity index (χ1) is 9.02. The van der Waals surface area contributed by atoms with Gasteiger partial charge in [-0.25, -0.2) is 0 Å². The van der Waals surface area contributed by atoms with Gasteiger partial charge >= 0.3 is 0 Å². The number of halogens is 2. The highest BCUT2D eigenvalue weighted by molar-refractivity contribution is 9.10. The third-order valence-electron chi connectivity index (χ3n) is 3.87. The van der Waals surface area contributed by atoms with Gasteiger partial charge in [-0.3, -0.25) is 4.79 Å². The van der Waals surface area contributed by atoms with E-state index in [9.17, 15) is 4.79 Å². The standard InChI is InChI=1S/C15H21BrN2O.ClH/c1-10-3-4-13(14(16)8-10)15(19)18-6-5-11(2)7-12(18)9-17;/h3-4,8,11-12H,5-7,9,17H2,1-2H3;1H. The average molecular weight is 362 g/mol. The zero-order valence-electron chi connectivity index (χ0n) is 11.9. The fourth-order valence-corrected chi connectivity index (χ4v) is 3.35. The minimum Gasteiger partial charge on any atom is -0.334 e. The Hall–Kier alpha value is -0.580. The minimum atomic E-state index is 0. The predicted octanol–water partition coefficient (Wildman–Crippen LogP) is 3.38. The zero-order chi connectivity index (χ0) is 14.0. The first kappa shape index (κ1) is 17.5. The van der Waals surface area contributed by atoms with E-state index < -0.39 is 0 Å². The number of carbonyl (C=O) groups excluding carboxylic acids is 1. The van der Waals surface area contributed by atoms with Gasteiger partial charge in [0.25, 0.3) is 5.91 Å². The van der Waals surface area contributed by atoms with Crippen LogP contribution >= 0.6 is 28.3 Å². The van der Waals surface area contributed by atoms with E-state index in [1.54, 1.807) is 0 Å². The summed E-state index contributed by atoms with van der Waals surface area (Å²) in [4.78, 5) is 14.6. The second kappa shape index (κ2) is 7.43. The van der Waals surface area contributed by atoms with Gasteiger partial charge in [0.15, 0.2) is 0 Å². The molecule has 1 aromatic carbocycles. The lowest BCUT2D eigenvalue weighted by Crippen LogP contribution is -2.49. The van der Waals surface area contributed by atoms with Crippen LogP contribution < -0.4 is 5.73 Å². The Morgan fingerprint density at radius 1 is 1.50 bits per heavy atom. The van der Waals surface area contributed by atoms with Crippen LogP contribution in [0.25, 0.3) is 0 Å². The van der Waals surface area contributed by atoms with Crippen molar-refractivity contribution in [1.29, 1.82) is 0 Å². The molecule has 112 valence electrons. The normalized spacial score (nSPS) is 22.3. The van der Waals surface area contributed by atoms with Gasteiger partial charge in [0.05, 0.1) is 5.56 Å². The highest BCUT2D eigenvalue weighted by Crippen LogP contribution is 2.26. The largest absolute Gasteiger partial charge is 0.334 e. The summed E-state index contributed by atoms with van der Waals surface area (Å²) in [5, 5.41) is 0. The minimum absolute atomic E-state index is 0. The molecular formula is C15H22BrClN2O. The molecule has 2 rings (SSSR count). The molecule has 1 saturated heterocycles. The molecule has 0 aliphatic carbocycles. The third kappa shape index (κ3) is 3.74. The van der Waals surface area contributed by atoms with Gasteiger partial charge in [-0.1, -0.05) is 13.0 Å². The molecule has 1 aliphatic rings. The molecule has 0 radical (unpaired) electrons. The molecule has 1 amide bonds. The molecule has 3 nitrogen and oxygen atoms in total. The molecule has 2 atom stereocenters. The average Bonchev–Trinajstić information content (AvgIpc) is 2.37. The number of carbonyl (C=O) groups is 1. The first-order valence-corrected chi connectivity index (χ1v) is 7.59. The van der Waals surface area contributed by atoms with E-state index in [-0.39, 0.29) is 24.4 Å². The van der Waals surface area contributed by atoms with Crippen molar-refractivity contribution in [2.45, 2.75) is 32.7 Å². The summed E-state index contributed by atoms with van der Waals surface area (Å²) in [7, 11) is 0. The van der Waals surface area contributed by atoms with E-state index in [1.807, 2.05) is 30.0 Å². The molecule has 5 heteroatoms. The zero-order valence-corrected chi connectivity index (χ0v) is 14.3. The van der Waals surface area contributed by atoms with E-state index in [4.69, 9.17) is 5.73 Å². The Balaban J connectivity index is 0.00000200. The Morgan fingerprint density at radius 2 is 2.20 bits per heavy atom. The van der Waals surface area contributed by atoms with Crippen molar-refractivity contribution < 1.29 is 4.79 Å². The van der Waals surface area contributed by atoms with E-state index in [1.165, 1.54) is 0 Å². The summed E-state index contributed by atoms with van der Waals surface area (Å²) in [5.41, 5.74) is 7.71. The Bertz CT molecular complexity index is 481. The number of nitrogens with zero attached hydrogens (tertiary/aromatic N) is 1. The molecule has 2 unspecified atom stereocenters. The van der Waals surface area contributed by atoms with Gasteiger partial charge in [-0.2, -0.15) is 0 Å². The summed E-state index contributed by atoms with van der Waals surface area (Å²) in [6, 6.07) is 6.02. The predicted molar refractivity (Wildman–Crippen MR) is 88.4 cm³/mol. The van der Waals surface area contributed by atoms with Crippen LogP contribution in [0.5, 0.6) is 0 Å². The number of nitrogens with two attached hydrogens (primary N) is 1. The molecule has 0 saturated carbocycles. The second-order valence-electron chi connectivity index (χ2n) is 5.50. The molecule has 0 bridgehead atoms. The SMILES string of the molecule is Cc1ccc(C(=O)N2CCC(C)CC2CN)c(Br)c1.Cl. The molecule has 1 fully saturated rings. The number of likely N-dealkylation sites (tertiary alicyclic amines) is 1. The smallest absolute Gasteiger partial charge is 0.255 e. The number of rotatable bonds is 2. The number of amides is 1. The maximum atomic E-state index is 12.6. The van der Waals surface area contributed by atoms with Crippen LogP contribution in [-0.2, 0) is 0 Å². The van der Waals surface area contributed by atoms with Crippen LogP contribution in [0.4, 0.5) is 0 Å². The lowest BCUT2D eigenvalue weighted by Gasteiger charge is -2.38. The Kier molecular flexibility index (Phi) is 6.49. The second-order valence-corrected chi connectivity index (χ2v) is 6.36. The molecule has 1 aliphatic heterocycles. The molecule has 0 aromatic heterocycles. The maximum absolute atomic E-state index is 12.6. The topological polar surface area (TPSA) is 46.3 Å². The maximum Gasteiger partial charge on any atom is 0.255 e. The fraction of sp³-hybridized carbons (Fsp3) is 0.533. The van der Waals surface area contributed by atoms with Crippen LogP contribution in [-0.4, -0.2) is 29.9 Å². The van der Waals surface area contributed by atoms with Crippen LogP contribution in [0.2, 0.25) is 0 Å². The van der Waals surface area contributed by atoms with E-state index in [0.717, 1.165) is 35.0 Å². The van der Waals surface area contributed by atoms with Crippen molar-refractivity contribution in [2.24, 2.45) is 11.7 Å². The van der Waals surface area contributed by atoms with Crippen molar-refractivity contribution in [3.8, 4) is 0 Å². The van der Waals surface area contributed by atoms with Crippen molar-refractivity contribution in [2.75, 3.05) is 13.1 Å². The molecular weight excluding hydrogens is 340 g/mol. The summed E-state index contributed by atoms with van der Waals surface area (Å²) in [6.45, 7) is 5.60. The highest BCUT2D eigenvalue weighted by Gasteiger charge is 2.30. The lowest BCUT2D eigenvalue weighted by molar-refractivity contribution is 0.0572. The van der Waals surface area contributed by atoms with Gasteiger partial charge in [0.2, 0.25) is 0 Å². The molecule has 20 heavy (non-hydrogen) atoms. The monoisotopic (exact) mass is 360 g/mol. The summed E-state index contributed by atoms with van der Waals surface area (Å²) < 4.78 is 0.867. The Labute approximate surface area is 135 Å². The van der Waals surface area contributed by atoms with Crippen LogP contribution in [0.3, 0.4) is 0 Å². The quantitative estimate of drug-likeness (QED) is 0.878. The van der Waals surface area contributed by atoms with Crippen molar-refractivity contribution >= 4 is 34.2 Å². The number of aryl methyl sites for hydroxylation is 1. The van der Waals surface area contributed by atoms with Crippen LogP contribution in [0, 0.1) is 12.8 Å². The number of benzene rings is 1. The Morgan fingerprint density at radius 3 is 2.80 bits per heavy atom. The highest BCUT2D eigenvalue weighted by atomic mass is 79.9. The molecule has 0 spiro atoms. The van der Waals surface area contributed by atoms with Gasteiger partial charge in [0, 0.05) is 23.6 Å². The van der Waals surface area contributed by atoms with Gasteiger partial charge in [-0.15, -0.1) is 12.4 Å². The summed E-state index contributed by atoms with van der Waals surface area (Å²) in [5.74, 6) is 0.744. The molecule has 2 N–H and O–H groups in total.